The molecule has 2 rings (SSSR count). The molecule has 1 heterocycles. The fourth-order valence-electron chi connectivity index (χ4n) is 2.58. The van der Waals surface area contributed by atoms with Crippen molar-refractivity contribution in [3.8, 4) is 5.75 Å². The molecule has 0 spiro atoms. The van der Waals surface area contributed by atoms with Crippen LogP contribution in [0.3, 0.4) is 0 Å². The predicted octanol–water partition coefficient (Wildman–Crippen LogP) is 2.89. The van der Waals surface area contributed by atoms with Crippen LogP contribution in [0.1, 0.15) is 18.0 Å². The Kier molecular flexibility index (Phi) is 5.41. The molecule has 0 saturated carbocycles. The molecule has 21 heavy (non-hydrogen) atoms. The van der Waals surface area contributed by atoms with E-state index in [1.54, 1.807) is 6.07 Å². The van der Waals surface area contributed by atoms with Gasteiger partial charge in [0.1, 0.15) is 5.75 Å². The molecule has 0 amide bonds. The highest BCUT2D eigenvalue weighted by atomic mass is 19.4. The molecule has 1 aliphatic rings. The Morgan fingerprint density at radius 1 is 1.24 bits per heavy atom. The van der Waals surface area contributed by atoms with Gasteiger partial charge in [-0.05, 0) is 24.1 Å². The van der Waals surface area contributed by atoms with Gasteiger partial charge in [-0.3, -0.25) is 9.29 Å². The average molecular weight is 306 g/mol. The van der Waals surface area contributed by atoms with E-state index in [1.807, 2.05) is 0 Å². The maximum Gasteiger partial charge on any atom is 0.573 e. The van der Waals surface area contributed by atoms with Crippen molar-refractivity contribution in [2.45, 2.75) is 18.8 Å². The van der Waals surface area contributed by atoms with E-state index in [0.717, 1.165) is 26.2 Å². The summed E-state index contributed by atoms with van der Waals surface area (Å²) in [4.78, 5) is 2.09. The summed E-state index contributed by atoms with van der Waals surface area (Å²) in [5.41, 5.74) is 0.649. The molecule has 3 nitrogen and oxygen atoms in total. The minimum absolute atomic E-state index is 0.228. The molecule has 7 heteroatoms. The van der Waals surface area contributed by atoms with Gasteiger partial charge in [0.15, 0.2) is 0 Å². The van der Waals surface area contributed by atoms with Crippen LogP contribution in [0, 0.1) is 0 Å². The van der Waals surface area contributed by atoms with Gasteiger partial charge in [-0.25, -0.2) is 0 Å². The molecule has 0 radical (unpaired) electrons. The standard InChI is InChI=1S/C14H18F4N2O/c15-5-4-13(20-8-6-19-7-9-20)11-2-1-3-12(10-11)21-14(16,17)18/h1-3,10,13,19H,4-9H2/t13-/m0/s1. The smallest absolute Gasteiger partial charge is 0.406 e. The van der Waals surface area contributed by atoms with E-state index in [0.29, 0.717) is 5.56 Å². The van der Waals surface area contributed by atoms with Crippen LogP contribution in [0.25, 0.3) is 0 Å². The lowest BCUT2D eigenvalue weighted by Gasteiger charge is -2.35. The minimum atomic E-state index is -4.72. The molecule has 1 fully saturated rings. The molecular weight excluding hydrogens is 288 g/mol. The first-order valence-corrected chi connectivity index (χ1v) is 6.86. The maximum absolute atomic E-state index is 12.8. The first-order chi connectivity index (χ1) is 9.99. The Bertz CT molecular complexity index is 447. The summed E-state index contributed by atoms with van der Waals surface area (Å²) in [7, 11) is 0. The van der Waals surface area contributed by atoms with Crippen molar-refractivity contribution >= 4 is 0 Å². The van der Waals surface area contributed by atoms with E-state index < -0.39 is 13.0 Å². The third kappa shape index (κ3) is 4.86. The molecule has 1 atom stereocenters. The van der Waals surface area contributed by atoms with Crippen LogP contribution in [0.15, 0.2) is 24.3 Å². The third-order valence-electron chi connectivity index (χ3n) is 3.45. The van der Waals surface area contributed by atoms with Crippen LogP contribution in [0.5, 0.6) is 5.75 Å². The van der Waals surface area contributed by atoms with Gasteiger partial charge in [-0.1, -0.05) is 12.1 Å². The van der Waals surface area contributed by atoms with Gasteiger partial charge in [0.25, 0.3) is 0 Å². The van der Waals surface area contributed by atoms with E-state index in [-0.39, 0.29) is 18.2 Å². The fourth-order valence-corrected chi connectivity index (χ4v) is 2.58. The van der Waals surface area contributed by atoms with Crippen molar-refractivity contribution in [2.24, 2.45) is 0 Å². The predicted molar refractivity (Wildman–Crippen MR) is 70.9 cm³/mol. The van der Waals surface area contributed by atoms with Crippen LogP contribution in [0.4, 0.5) is 17.6 Å². The van der Waals surface area contributed by atoms with Gasteiger partial charge in [0.2, 0.25) is 0 Å². The Labute approximate surface area is 120 Å². The van der Waals surface area contributed by atoms with Crippen molar-refractivity contribution in [3.63, 3.8) is 0 Å². The Morgan fingerprint density at radius 2 is 1.95 bits per heavy atom. The van der Waals surface area contributed by atoms with E-state index >= 15 is 0 Å². The van der Waals surface area contributed by atoms with Crippen LogP contribution < -0.4 is 10.1 Å². The molecular formula is C14H18F4N2O. The van der Waals surface area contributed by atoms with Crippen molar-refractivity contribution in [1.29, 1.82) is 0 Å². The van der Waals surface area contributed by atoms with Crippen LogP contribution >= 0.6 is 0 Å². The average Bonchev–Trinajstić information content (AvgIpc) is 2.44. The minimum Gasteiger partial charge on any atom is -0.406 e. The van der Waals surface area contributed by atoms with Crippen LogP contribution in [-0.4, -0.2) is 44.1 Å². The maximum atomic E-state index is 12.8. The zero-order chi connectivity index (χ0) is 15.3. The van der Waals surface area contributed by atoms with Crippen molar-refractivity contribution < 1.29 is 22.3 Å². The van der Waals surface area contributed by atoms with Gasteiger partial charge in [-0.2, -0.15) is 0 Å². The van der Waals surface area contributed by atoms with E-state index in [1.165, 1.54) is 18.2 Å². The normalized spacial score (nSPS) is 18.5. The third-order valence-corrected chi connectivity index (χ3v) is 3.45. The molecule has 1 aromatic rings. The summed E-state index contributed by atoms with van der Waals surface area (Å²) in [5, 5.41) is 3.20. The zero-order valence-electron chi connectivity index (χ0n) is 11.5. The molecule has 0 bridgehead atoms. The highest BCUT2D eigenvalue weighted by Crippen LogP contribution is 2.30. The highest BCUT2D eigenvalue weighted by molar-refractivity contribution is 5.31. The number of ether oxygens (including phenoxy) is 1. The number of nitrogens with one attached hydrogen (secondary N) is 1. The summed E-state index contributed by atoms with van der Waals surface area (Å²) < 4.78 is 53.6. The van der Waals surface area contributed by atoms with Gasteiger partial charge >= 0.3 is 6.36 Å². The Hall–Kier alpha value is -1.34. The second-order valence-corrected chi connectivity index (χ2v) is 4.90. The lowest BCUT2D eigenvalue weighted by Crippen LogP contribution is -2.45. The zero-order valence-corrected chi connectivity index (χ0v) is 11.5. The highest BCUT2D eigenvalue weighted by Gasteiger charge is 2.31. The monoisotopic (exact) mass is 306 g/mol. The number of hydrogen-bond donors (Lipinski definition) is 1. The molecule has 0 unspecified atom stereocenters. The number of benzene rings is 1. The van der Waals surface area contributed by atoms with Gasteiger partial charge in [0.05, 0.1) is 6.67 Å². The second kappa shape index (κ2) is 7.09. The van der Waals surface area contributed by atoms with Gasteiger partial charge < -0.3 is 10.1 Å². The van der Waals surface area contributed by atoms with Gasteiger partial charge in [0, 0.05) is 32.2 Å². The van der Waals surface area contributed by atoms with Crippen LogP contribution in [0.2, 0.25) is 0 Å². The molecule has 0 aromatic heterocycles. The summed E-state index contributed by atoms with van der Waals surface area (Å²) in [6, 6.07) is 5.58. The molecule has 1 aliphatic heterocycles. The largest absolute Gasteiger partial charge is 0.573 e. The molecule has 1 N–H and O–H groups in total. The summed E-state index contributed by atoms with van der Waals surface area (Å²) in [6.07, 6.45) is -4.46. The fraction of sp³-hybridized carbons (Fsp3) is 0.571. The first-order valence-electron chi connectivity index (χ1n) is 6.86. The topological polar surface area (TPSA) is 24.5 Å². The van der Waals surface area contributed by atoms with Crippen molar-refractivity contribution in [3.05, 3.63) is 29.8 Å². The Balaban J connectivity index is 2.17. The quantitative estimate of drug-likeness (QED) is 0.847. The number of rotatable bonds is 5. The number of halogens is 4. The van der Waals surface area contributed by atoms with E-state index in [4.69, 9.17) is 0 Å². The summed E-state index contributed by atoms with van der Waals surface area (Å²) >= 11 is 0. The Morgan fingerprint density at radius 3 is 2.57 bits per heavy atom. The van der Waals surface area contributed by atoms with Gasteiger partial charge in [-0.15, -0.1) is 13.2 Å². The lowest BCUT2D eigenvalue weighted by molar-refractivity contribution is -0.274. The number of piperazine rings is 1. The lowest BCUT2D eigenvalue weighted by atomic mass is 10.0. The summed E-state index contributed by atoms with van der Waals surface area (Å²) in [6.45, 7) is 2.56. The van der Waals surface area contributed by atoms with E-state index in [9.17, 15) is 17.6 Å². The molecule has 118 valence electrons. The molecule has 1 aromatic carbocycles. The SMILES string of the molecule is FCC[C@@H](c1cccc(OC(F)(F)F)c1)N1CCNCC1. The number of alkyl halides is 4. The van der Waals surface area contributed by atoms with Crippen LogP contribution in [-0.2, 0) is 0 Å². The molecule has 1 saturated heterocycles. The number of hydrogen-bond acceptors (Lipinski definition) is 3. The molecule has 0 aliphatic carbocycles. The van der Waals surface area contributed by atoms with Crippen molar-refractivity contribution in [1.82, 2.24) is 10.2 Å². The van der Waals surface area contributed by atoms with E-state index in [2.05, 4.69) is 15.0 Å². The number of nitrogens with zero attached hydrogens (tertiary/aromatic N) is 1. The first kappa shape index (κ1) is 16.0. The van der Waals surface area contributed by atoms with Crippen molar-refractivity contribution in [2.75, 3.05) is 32.9 Å². The second-order valence-electron chi connectivity index (χ2n) is 4.90. The summed E-state index contributed by atoms with van der Waals surface area (Å²) in [5.74, 6) is -0.265.